The van der Waals surface area contributed by atoms with Crippen LogP contribution in [0.15, 0.2) is 35.5 Å². The van der Waals surface area contributed by atoms with E-state index in [1.54, 1.807) is 0 Å². The van der Waals surface area contributed by atoms with Crippen LogP contribution >= 0.6 is 0 Å². The first-order chi connectivity index (χ1) is 10.7. The average Bonchev–Trinajstić information content (AvgIpc) is 2.45. The quantitative estimate of drug-likeness (QED) is 0.361. The summed E-state index contributed by atoms with van der Waals surface area (Å²) in [5, 5.41) is 11.6. The zero-order chi connectivity index (χ0) is 17.6. The van der Waals surface area contributed by atoms with Gasteiger partial charge in [-0.05, 0) is 25.5 Å². The van der Waals surface area contributed by atoms with Gasteiger partial charge in [0.2, 0.25) is 0 Å². The molecule has 0 aliphatic carbocycles. The van der Waals surface area contributed by atoms with Crippen LogP contribution in [0.4, 0.5) is 18.9 Å². The molecule has 8 heteroatoms. The van der Waals surface area contributed by atoms with Crippen molar-refractivity contribution < 1.29 is 32.6 Å². The molecule has 0 aromatic heterocycles. The Bertz CT molecular complexity index is 623. The first kappa shape index (κ1) is 18.5. The van der Waals surface area contributed by atoms with Gasteiger partial charge in [0.15, 0.2) is 5.57 Å². The molecule has 0 heterocycles. The number of rotatable bonds is 6. The second-order valence-corrected chi connectivity index (χ2v) is 4.40. The van der Waals surface area contributed by atoms with Gasteiger partial charge in [0.05, 0.1) is 17.9 Å². The summed E-state index contributed by atoms with van der Waals surface area (Å²) in [6.07, 6.45) is -4.61. The molecule has 1 aromatic rings. The minimum Gasteiger partial charge on any atom is -0.477 e. The number of carbonyl (C=O) groups is 2. The summed E-state index contributed by atoms with van der Waals surface area (Å²) in [6.45, 7) is 2.96. The van der Waals surface area contributed by atoms with Gasteiger partial charge in [-0.15, -0.1) is 0 Å². The Labute approximate surface area is 130 Å². The standard InChI is InChI=1S/C15H16F3NO4/c1-3-10(12(13(20)21)14(22)23-4-2)19-11-8-6-5-7-9(11)15(16,17)18/h5-8,19H,3-4H2,1-2H3,(H,20,21). The van der Waals surface area contributed by atoms with Crippen LogP contribution in [0.2, 0.25) is 0 Å². The van der Waals surface area contributed by atoms with Gasteiger partial charge in [0.1, 0.15) is 0 Å². The number of ether oxygens (including phenoxy) is 1. The fourth-order valence-corrected chi connectivity index (χ4v) is 1.87. The van der Waals surface area contributed by atoms with Crippen molar-refractivity contribution in [1.29, 1.82) is 0 Å². The topological polar surface area (TPSA) is 75.6 Å². The Morgan fingerprint density at radius 3 is 2.30 bits per heavy atom. The third-order valence-electron chi connectivity index (χ3n) is 2.87. The number of esters is 1. The predicted octanol–water partition coefficient (Wildman–Crippen LogP) is 3.43. The second-order valence-electron chi connectivity index (χ2n) is 4.40. The molecule has 0 fully saturated rings. The molecule has 0 saturated carbocycles. The Balaban J connectivity index is 3.34. The molecule has 0 saturated heterocycles. The molecule has 126 valence electrons. The van der Waals surface area contributed by atoms with Crippen molar-refractivity contribution in [3.63, 3.8) is 0 Å². The van der Waals surface area contributed by atoms with Crippen molar-refractivity contribution >= 4 is 17.6 Å². The molecule has 2 N–H and O–H groups in total. The van der Waals surface area contributed by atoms with Gasteiger partial charge in [-0.2, -0.15) is 13.2 Å². The average molecular weight is 331 g/mol. The van der Waals surface area contributed by atoms with Crippen LogP contribution in [0, 0.1) is 0 Å². The smallest absolute Gasteiger partial charge is 0.418 e. The zero-order valence-corrected chi connectivity index (χ0v) is 12.5. The largest absolute Gasteiger partial charge is 0.477 e. The molecule has 0 bridgehead atoms. The van der Waals surface area contributed by atoms with Gasteiger partial charge in [0.25, 0.3) is 0 Å². The van der Waals surface area contributed by atoms with Crippen molar-refractivity contribution in [3.8, 4) is 0 Å². The summed E-state index contributed by atoms with van der Waals surface area (Å²) in [6, 6.07) is 4.60. The van der Waals surface area contributed by atoms with Gasteiger partial charge in [-0.25, -0.2) is 9.59 Å². The van der Waals surface area contributed by atoms with E-state index in [0.717, 1.165) is 12.1 Å². The zero-order valence-electron chi connectivity index (χ0n) is 12.5. The number of hydrogen-bond acceptors (Lipinski definition) is 4. The van der Waals surface area contributed by atoms with Crippen molar-refractivity contribution in [2.24, 2.45) is 0 Å². The molecule has 1 rings (SSSR count). The molecule has 0 radical (unpaired) electrons. The van der Waals surface area contributed by atoms with E-state index in [1.807, 2.05) is 0 Å². The van der Waals surface area contributed by atoms with Crippen molar-refractivity contribution in [2.75, 3.05) is 11.9 Å². The number of halogens is 3. The van der Waals surface area contributed by atoms with E-state index in [9.17, 15) is 22.8 Å². The minimum absolute atomic E-state index is 0.00659. The Morgan fingerprint density at radius 2 is 1.83 bits per heavy atom. The third kappa shape index (κ3) is 4.73. The summed E-state index contributed by atoms with van der Waals surface area (Å²) < 4.78 is 43.6. The summed E-state index contributed by atoms with van der Waals surface area (Å²) in [7, 11) is 0. The first-order valence-corrected chi connectivity index (χ1v) is 6.79. The number of benzene rings is 1. The number of allylic oxidation sites excluding steroid dienone is 1. The monoisotopic (exact) mass is 331 g/mol. The molecule has 0 aliphatic heterocycles. The lowest BCUT2D eigenvalue weighted by Gasteiger charge is -2.17. The van der Waals surface area contributed by atoms with Gasteiger partial charge >= 0.3 is 18.1 Å². The fourth-order valence-electron chi connectivity index (χ4n) is 1.87. The van der Waals surface area contributed by atoms with Crippen LogP contribution in [0.25, 0.3) is 0 Å². The number of carboxylic acid groups (broad SMARTS) is 1. The van der Waals surface area contributed by atoms with E-state index in [0.29, 0.717) is 0 Å². The van der Waals surface area contributed by atoms with Crippen molar-refractivity contribution in [3.05, 3.63) is 41.1 Å². The molecular formula is C15H16F3NO4. The number of alkyl halides is 3. The Kier molecular flexibility index (Phi) is 6.18. The highest BCUT2D eigenvalue weighted by Gasteiger charge is 2.34. The fraction of sp³-hybridized carbons (Fsp3) is 0.333. The van der Waals surface area contributed by atoms with Crippen LogP contribution in [0.3, 0.4) is 0 Å². The molecular weight excluding hydrogens is 315 g/mol. The maximum Gasteiger partial charge on any atom is 0.418 e. The van der Waals surface area contributed by atoms with E-state index in [-0.39, 0.29) is 24.4 Å². The highest BCUT2D eigenvalue weighted by molar-refractivity contribution is 6.14. The molecule has 0 aliphatic rings. The first-order valence-electron chi connectivity index (χ1n) is 6.79. The summed E-state index contributed by atoms with van der Waals surface area (Å²) in [5.74, 6) is -2.67. The number of carboxylic acids is 1. The van der Waals surface area contributed by atoms with Crippen molar-refractivity contribution in [1.82, 2.24) is 0 Å². The lowest BCUT2D eigenvalue weighted by atomic mass is 10.1. The Hall–Kier alpha value is -2.51. The van der Waals surface area contributed by atoms with Crippen LogP contribution in [-0.2, 0) is 20.5 Å². The van der Waals surface area contributed by atoms with Crippen LogP contribution in [-0.4, -0.2) is 23.7 Å². The van der Waals surface area contributed by atoms with Crippen LogP contribution in [0.1, 0.15) is 25.8 Å². The maximum atomic E-state index is 13.0. The van der Waals surface area contributed by atoms with E-state index < -0.39 is 29.3 Å². The summed E-state index contributed by atoms with van der Waals surface area (Å²) >= 11 is 0. The SMILES string of the molecule is CCOC(=O)C(C(=O)O)=C(CC)Nc1ccccc1C(F)(F)F. The van der Waals surface area contributed by atoms with E-state index in [4.69, 9.17) is 5.11 Å². The van der Waals surface area contributed by atoms with Gasteiger partial charge in [-0.1, -0.05) is 19.1 Å². The van der Waals surface area contributed by atoms with Crippen LogP contribution in [0.5, 0.6) is 0 Å². The maximum absolute atomic E-state index is 13.0. The normalized spacial score (nSPS) is 12.4. The number of nitrogens with one attached hydrogen (secondary N) is 1. The predicted molar refractivity (Wildman–Crippen MR) is 76.7 cm³/mol. The number of aliphatic carboxylic acids is 1. The second kappa shape index (κ2) is 7.66. The lowest BCUT2D eigenvalue weighted by Crippen LogP contribution is -2.21. The molecule has 5 nitrogen and oxygen atoms in total. The lowest BCUT2D eigenvalue weighted by molar-refractivity contribution is -0.144. The van der Waals surface area contributed by atoms with E-state index in [2.05, 4.69) is 10.1 Å². The molecule has 23 heavy (non-hydrogen) atoms. The molecule has 1 aromatic carbocycles. The summed E-state index contributed by atoms with van der Waals surface area (Å²) in [5.41, 5.74) is -2.17. The molecule has 0 atom stereocenters. The van der Waals surface area contributed by atoms with E-state index >= 15 is 0 Å². The Morgan fingerprint density at radius 1 is 1.22 bits per heavy atom. The molecule has 0 spiro atoms. The van der Waals surface area contributed by atoms with E-state index in [1.165, 1.54) is 26.0 Å². The number of para-hydroxylation sites is 1. The number of anilines is 1. The van der Waals surface area contributed by atoms with Gasteiger partial charge in [-0.3, -0.25) is 0 Å². The minimum atomic E-state index is -4.62. The highest BCUT2D eigenvalue weighted by Crippen LogP contribution is 2.35. The molecule has 0 unspecified atom stereocenters. The van der Waals surface area contributed by atoms with Crippen molar-refractivity contribution in [2.45, 2.75) is 26.4 Å². The number of carbonyl (C=O) groups excluding carboxylic acids is 1. The number of hydrogen-bond donors (Lipinski definition) is 2. The summed E-state index contributed by atoms with van der Waals surface area (Å²) in [4.78, 5) is 23.0. The highest BCUT2D eigenvalue weighted by atomic mass is 19.4. The molecule has 0 amide bonds. The van der Waals surface area contributed by atoms with Gasteiger partial charge < -0.3 is 15.2 Å². The van der Waals surface area contributed by atoms with Crippen LogP contribution < -0.4 is 5.32 Å². The van der Waals surface area contributed by atoms with Gasteiger partial charge in [0, 0.05) is 5.70 Å². The third-order valence-corrected chi connectivity index (χ3v) is 2.87.